The maximum absolute atomic E-state index is 13.6. The Hall–Kier alpha value is -4.58. The molecule has 0 saturated heterocycles. The molecule has 0 spiro atoms. The molecule has 1 aliphatic rings. The highest BCUT2D eigenvalue weighted by atomic mass is 16.2. The lowest BCUT2D eigenvalue weighted by atomic mass is 10.1. The van der Waals surface area contributed by atoms with Crippen LogP contribution < -0.4 is 5.56 Å². The number of hydrogen-bond donors (Lipinski definition) is 0. The van der Waals surface area contributed by atoms with E-state index in [-0.39, 0.29) is 23.9 Å². The van der Waals surface area contributed by atoms with Crippen LogP contribution in [0.15, 0.2) is 95.8 Å². The van der Waals surface area contributed by atoms with Crippen molar-refractivity contribution in [1.82, 2.24) is 14.5 Å². The summed E-state index contributed by atoms with van der Waals surface area (Å²) in [5.41, 5.74) is 1.63. The molecule has 1 aromatic heterocycles. The van der Waals surface area contributed by atoms with Crippen molar-refractivity contribution in [3.05, 3.63) is 118 Å². The molecule has 0 atom stereocenters. The smallest absolute Gasteiger partial charge is 0.266 e. The third-order valence-corrected chi connectivity index (χ3v) is 6.01. The second-order valence-corrected chi connectivity index (χ2v) is 7.96. The molecule has 0 bridgehead atoms. The Morgan fingerprint density at radius 2 is 1.30 bits per heavy atom. The van der Waals surface area contributed by atoms with Crippen molar-refractivity contribution in [2.24, 2.45) is 0 Å². The lowest BCUT2D eigenvalue weighted by Crippen LogP contribution is -2.33. The molecule has 2 amide bonds. The predicted octanol–water partition coefficient (Wildman–Crippen LogP) is 4.34. The predicted molar refractivity (Wildman–Crippen MR) is 125 cm³/mol. The monoisotopic (exact) mass is 431 g/mol. The quantitative estimate of drug-likeness (QED) is 0.399. The number of nitrogens with zero attached hydrogens (tertiary/aromatic N) is 3. The first kappa shape index (κ1) is 19.1. The number of aromatic nitrogens is 2. The highest BCUT2D eigenvalue weighted by molar-refractivity contribution is 6.21. The summed E-state index contributed by atoms with van der Waals surface area (Å²) in [7, 11) is 0. The van der Waals surface area contributed by atoms with Crippen molar-refractivity contribution in [1.29, 1.82) is 0 Å². The van der Waals surface area contributed by atoms with Crippen molar-refractivity contribution >= 4 is 33.5 Å². The molecule has 0 aliphatic carbocycles. The topological polar surface area (TPSA) is 72.3 Å². The molecule has 2 heterocycles. The first-order chi connectivity index (χ1) is 16.1. The van der Waals surface area contributed by atoms with Gasteiger partial charge >= 0.3 is 0 Å². The molecule has 0 radical (unpaired) electrons. The zero-order valence-corrected chi connectivity index (χ0v) is 17.4. The second-order valence-electron chi connectivity index (χ2n) is 7.96. The summed E-state index contributed by atoms with van der Waals surface area (Å²) in [6, 6.07) is 27.4. The molecule has 0 unspecified atom stereocenters. The first-order valence-corrected chi connectivity index (χ1v) is 10.6. The van der Waals surface area contributed by atoms with Crippen LogP contribution in [-0.4, -0.2) is 26.3 Å². The molecule has 6 nitrogen and oxygen atoms in total. The van der Waals surface area contributed by atoms with Gasteiger partial charge in [-0.2, -0.15) is 0 Å². The lowest BCUT2D eigenvalue weighted by molar-refractivity contribution is 0.0637. The Labute approximate surface area is 188 Å². The average molecular weight is 431 g/mol. The molecule has 6 heteroatoms. The number of carbonyl (C=O) groups excluding carboxylic acids is 2. The zero-order chi connectivity index (χ0) is 22.5. The van der Waals surface area contributed by atoms with E-state index in [9.17, 15) is 14.4 Å². The van der Waals surface area contributed by atoms with Gasteiger partial charge in [0.1, 0.15) is 5.82 Å². The average Bonchev–Trinajstić information content (AvgIpc) is 3.09. The van der Waals surface area contributed by atoms with Gasteiger partial charge in [0.05, 0.1) is 34.3 Å². The van der Waals surface area contributed by atoms with Crippen molar-refractivity contribution in [3.63, 3.8) is 0 Å². The highest BCUT2D eigenvalue weighted by Gasteiger charge is 2.36. The van der Waals surface area contributed by atoms with Crippen LogP contribution in [0.25, 0.3) is 27.4 Å². The second kappa shape index (κ2) is 7.24. The largest absolute Gasteiger partial charge is 0.269 e. The molecule has 0 saturated carbocycles. The van der Waals surface area contributed by atoms with Gasteiger partial charge in [0.15, 0.2) is 0 Å². The van der Waals surface area contributed by atoms with Crippen LogP contribution in [0.3, 0.4) is 0 Å². The third-order valence-electron chi connectivity index (χ3n) is 6.01. The third kappa shape index (κ3) is 2.96. The molecule has 6 rings (SSSR count). The number of para-hydroxylation sites is 1. The molecule has 33 heavy (non-hydrogen) atoms. The van der Waals surface area contributed by atoms with Crippen LogP contribution in [0.4, 0.5) is 0 Å². The standard InChI is InChI=1S/C27H17N3O3/c31-25-20-9-3-4-10-21(20)26(32)29(25)16-24-28-23-12-6-5-11-22(23)27(33)30(24)19-14-13-17-7-1-2-8-18(17)15-19/h1-15H,16H2. The van der Waals surface area contributed by atoms with Gasteiger partial charge in [-0.1, -0.05) is 54.6 Å². The summed E-state index contributed by atoms with van der Waals surface area (Å²) in [6.45, 7) is -0.112. The normalized spacial score (nSPS) is 13.2. The summed E-state index contributed by atoms with van der Waals surface area (Å²) in [5.74, 6) is -0.449. The Balaban J connectivity index is 1.55. The van der Waals surface area contributed by atoms with Crippen LogP contribution in [0.5, 0.6) is 0 Å². The lowest BCUT2D eigenvalue weighted by Gasteiger charge is -2.18. The molecule has 158 valence electrons. The fraction of sp³-hybridized carbons (Fsp3) is 0.0370. The summed E-state index contributed by atoms with van der Waals surface area (Å²) in [6.07, 6.45) is 0. The van der Waals surface area contributed by atoms with Gasteiger partial charge in [0.2, 0.25) is 0 Å². The van der Waals surface area contributed by atoms with E-state index in [0.717, 1.165) is 15.7 Å². The van der Waals surface area contributed by atoms with Crippen molar-refractivity contribution in [2.75, 3.05) is 0 Å². The van der Waals surface area contributed by atoms with Crippen LogP contribution >= 0.6 is 0 Å². The van der Waals surface area contributed by atoms with Crippen LogP contribution in [0, 0.1) is 0 Å². The van der Waals surface area contributed by atoms with Crippen molar-refractivity contribution in [2.45, 2.75) is 6.54 Å². The summed E-state index contributed by atoms with van der Waals surface area (Å²) in [4.78, 5) is 45.4. The number of benzene rings is 4. The van der Waals surface area contributed by atoms with E-state index in [4.69, 9.17) is 4.98 Å². The maximum atomic E-state index is 13.6. The van der Waals surface area contributed by atoms with Crippen LogP contribution in [0.2, 0.25) is 0 Å². The number of fused-ring (bicyclic) bond motifs is 3. The van der Waals surface area contributed by atoms with E-state index < -0.39 is 0 Å². The first-order valence-electron chi connectivity index (χ1n) is 10.6. The number of rotatable bonds is 3. The number of carbonyl (C=O) groups is 2. The van der Waals surface area contributed by atoms with Crippen LogP contribution in [-0.2, 0) is 6.54 Å². The number of imide groups is 1. The minimum atomic E-state index is -0.386. The zero-order valence-electron chi connectivity index (χ0n) is 17.4. The highest BCUT2D eigenvalue weighted by Crippen LogP contribution is 2.25. The van der Waals surface area contributed by atoms with Gasteiger partial charge in [0.25, 0.3) is 17.4 Å². The summed E-state index contributed by atoms with van der Waals surface area (Å²) < 4.78 is 1.50. The Bertz CT molecular complexity index is 1630. The summed E-state index contributed by atoms with van der Waals surface area (Å²) in [5, 5.41) is 2.49. The van der Waals surface area contributed by atoms with Crippen LogP contribution in [0.1, 0.15) is 26.5 Å². The molecule has 4 aromatic carbocycles. The number of amides is 2. The fourth-order valence-electron chi connectivity index (χ4n) is 4.39. The van der Waals surface area contributed by atoms with Gasteiger partial charge in [-0.15, -0.1) is 0 Å². The van der Waals surface area contributed by atoms with Crippen molar-refractivity contribution in [3.8, 4) is 5.69 Å². The van der Waals surface area contributed by atoms with Gasteiger partial charge in [-0.3, -0.25) is 23.9 Å². The van der Waals surface area contributed by atoms with E-state index in [0.29, 0.717) is 33.5 Å². The SMILES string of the molecule is O=C1c2ccccc2C(=O)N1Cc1nc2ccccc2c(=O)n1-c1ccc2ccccc2c1. The number of hydrogen-bond acceptors (Lipinski definition) is 4. The fourth-order valence-corrected chi connectivity index (χ4v) is 4.39. The van der Waals surface area contributed by atoms with E-state index in [2.05, 4.69) is 0 Å². The maximum Gasteiger partial charge on any atom is 0.266 e. The molecule has 0 N–H and O–H groups in total. The van der Waals surface area contributed by atoms with Gasteiger partial charge in [0, 0.05) is 0 Å². The molecule has 0 fully saturated rings. The Morgan fingerprint density at radius 1 is 0.667 bits per heavy atom. The summed E-state index contributed by atoms with van der Waals surface area (Å²) >= 11 is 0. The Morgan fingerprint density at radius 3 is 2.06 bits per heavy atom. The molecule has 1 aliphatic heterocycles. The van der Waals surface area contributed by atoms with E-state index in [1.165, 1.54) is 4.57 Å². The molecule has 5 aromatic rings. The minimum Gasteiger partial charge on any atom is -0.269 e. The van der Waals surface area contributed by atoms with E-state index in [1.54, 1.807) is 48.5 Å². The van der Waals surface area contributed by atoms with Gasteiger partial charge in [-0.25, -0.2) is 4.98 Å². The van der Waals surface area contributed by atoms with Gasteiger partial charge < -0.3 is 0 Å². The van der Waals surface area contributed by atoms with Crippen molar-refractivity contribution < 1.29 is 9.59 Å². The van der Waals surface area contributed by atoms with E-state index in [1.807, 2.05) is 42.5 Å². The molecular formula is C27H17N3O3. The minimum absolute atomic E-state index is 0.112. The van der Waals surface area contributed by atoms with Gasteiger partial charge in [-0.05, 0) is 47.2 Å². The Kier molecular flexibility index (Phi) is 4.20. The molecular weight excluding hydrogens is 414 g/mol. The van der Waals surface area contributed by atoms with E-state index >= 15 is 0 Å².